The Morgan fingerprint density at radius 1 is 1.04 bits per heavy atom. The van der Waals surface area contributed by atoms with Crippen LogP contribution in [0.1, 0.15) is 103 Å². The third-order valence-electron chi connectivity index (χ3n) is 8.09. The Hall–Kier alpha value is -3.73. The van der Waals surface area contributed by atoms with E-state index in [1.54, 1.807) is 10.6 Å². The van der Waals surface area contributed by atoms with E-state index in [9.17, 15) is 9.18 Å². The van der Waals surface area contributed by atoms with Gasteiger partial charge in [0.1, 0.15) is 11.5 Å². The maximum absolute atomic E-state index is 14.0. The summed E-state index contributed by atoms with van der Waals surface area (Å²) in [4.78, 5) is 24.0. The van der Waals surface area contributed by atoms with Gasteiger partial charge in [0.05, 0.1) is 10.7 Å². The minimum Gasteiger partial charge on any atom is -0.370 e. The predicted octanol–water partition coefficient (Wildman–Crippen LogP) is 6.77. The Kier molecular flexibility index (Phi) is 13.4. The number of benzene rings is 2. The zero-order valence-electron chi connectivity index (χ0n) is 29.8. The van der Waals surface area contributed by atoms with E-state index in [-0.39, 0.29) is 45.4 Å². The highest BCUT2D eigenvalue weighted by Gasteiger charge is 2.21. The molecule has 4 aromatic rings. The number of nitrogens with two attached hydrogens (primary N) is 3. The molecule has 48 heavy (non-hydrogen) atoms. The number of H-pyrrole nitrogens is 1. The van der Waals surface area contributed by atoms with Gasteiger partial charge in [0, 0.05) is 41.3 Å². The van der Waals surface area contributed by atoms with Gasteiger partial charge >= 0.3 is 5.69 Å². The number of rotatable bonds is 11. The molecule has 2 atom stereocenters. The first-order chi connectivity index (χ1) is 22.4. The zero-order valence-corrected chi connectivity index (χ0v) is 30.5. The zero-order chi connectivity index (χ0) is 35.8. The van der Waals surface area contributed by atoms with Gasteiger partial charge < -0.3 is 27.5 Å². The highest BCUT2D eigenvalue weighted by Crippen LogP contribution is 2.31. The van der Waals surface area contributed by atoms with Crippen molar-refractivity contribution in [3.05, 3.63) is 92.4 Å². The summed E-state index contributed by atoms with van der Waals surface area (Å²) in [7, 11) is 0. The van der Waals surface area contributed by atoms with Crippen molar-refractivity contribution in [2.45, 2.75) is 104 Å². The Bertz CT molecular complexity index is 1730. The van der Waals surface area contributed by atoms with Gasteiger partial charge in [0.15, 0.2) is 5.96 Å². The lowest BCUT2D eigenvalue weighted by molar-refractivity contribution is 0.521. The lowest BCUT2D eigenvalue weighted by atomic mass is 9.85. The van der Waals surface area contributed by atoms with Gasteiger partial charge in [0.2, 0.25) is 0 Å². The van der Waals surface area contributed by atoms with Crippen LogP contribution in [-0.4, -0.2) is 39.6 Å². The summed E-state index contributed by atoms with van der Waals surface area (Å²) in [5, 5.41) is 4.59. The van der Waals surface area contributed by atoms with Crippen LogP contribution in [0.3, 0.4) is 0 Å². The molecule has 0 aliphatic heterocycles. The number of aromatic amines is 1. The molecule has 0 aliphatic carbocycles. The van der Waals surface area contributed by atoms with Crippen molar-refractivity contribution in [1.29, 1.82) is 0 Å². The lowest BCUT2D eigenvalue weighted by Crippen LogP contribution is -2.24. The molecular weight excluding hydrogens is 627 g/mol. The molecule has 0 spiro atoms. The Labute approximate surface area is 289 Å². The van der Waals surface area contributed by atoms with Gasteiger partial charge in [-0.25, -0.2) is 9.18 Å². The summed E-state index contributed by atoms with van der Waals surface area (Å²) in [6.45, 7) is 17.9. The van der Waals surface area contributed by atoms with Crippen molar-refractivity contribution >= 4 is 28.6 Å². The number of aliphatic imine (C=N–C) groups is 1. The molecule has 8 N–H and O–H groups in total. The summed E-state index contributed by atoms with van der Waals surface area (Å²) in [5.41, 5.74) is 21.2. The lowest BCUT2D eigenvalue weighted by Gasteiger charge is -2.21. The predicted molar refractivity (Wildman–Crippen MR) is 199 cm³/mol. The van der Waals surface area contributed by atoms with E-state index in [1.165, 1.54) is 0 Å². The van der Waals surface area contributed by atoms with Crippen LogP contribution in [-0.2, 0) is 17.3 Å². The maximum Gasteiger partial charge on any atom is 0.354 e. The Morgan fingerprint density at radius 3 is 2.29 bits per heavy atom. The molecule has 0 fully saturated rings. The van der Waals surface area contributed by atoms with Crippen molar-refractivity contribution in [3.63, 3.8) is 0 Å². The maximum atomic E-state index is 14.0. The number of hydrogen-bond donors (Lipinski definition) is 5. The van der Waals surface area contributed by atoms with Gasteiger partial charge in [0.25, 0.3) is 0 Å². The largest absolute Gasteiger partial charge is 0.370 e. The average molecular weight is 681 g/mol. The number of nitrogens with zero attached hydrogens (tertiary/aromatic N) is 3. The summed E-state index contributed by atoms with van der Waals surface area (Å²) >= 11 is 5.97. The van der Waals surface area contributed by atoms with E-state index in [0.717, 1.165) is 60.1 Å². The Morgan fingerprint density at radius 2 is 1.71 bits per heavy atom. The van der Waals surface area contributed by atoms with E-state index >= 15 is 0 Å². The first-order valence-corrected chi connectivity index (χ1v) is 17.0. The van der Waals surface area contributed by atoms with Crippen LogP contribution < -0.4 is 28.2 Å². The molecule has 4 rings (SSSR count). The van der Waals surface area contributed by atoms with Crippen LogP contribution in [0.4, 0.5) is 4.39 Å². The van der Waals surface area contributed by atoms with Gasteiger partial charge in [-0.1, -0.05) is 71.3 Å². The molecule has 9 nitrogen and oxygen atoms in total. The van der Waals surface area contributed by atoms with Crippen molar-refractivity contribution in [2.24, 2.45) is 22.2 Å². The second kappa shape index (κ2) is 16.6. The fraction of sp³-hybridized carbons (Fsp3) is 0.486. The highest BCUT2D eigenvalue weighted by molar-refractivity contribution is 6.30. The molecule has 11 heteroatoms. The summed E-state index contributed by atoms with van der Waals surface area (Å²) in [6, 6.07) is 14.0. The monoisotopic (exact) mass is 680 g/mol. The second-order valence-electron chi connectivity index (χ2n) is 14.6. The van der Waals surface area contributed by atoms with Crippen molar-refractivity contribution in [2.75, 3.05) is 13.1 Å². The van der Waals surface area contributed by atoms with Gasteiger partial charge in [-0.15, -0.1) is 0 Å². The first-order valence-electron chi connectivity index (χ1n) is 16.6. The fourth-order valence-corrected chi connectivity index (χ4v) is 5.44. The van der Waals surface area contributed by atoms with Crippen LogP contribution >= 0.6 is 11.6 Å². The molecule has 2 aromatic carbocycles. The smallest absolute Gasteiger partial charge is 0.354 e. The van der Waals surface area contributed by atoms with Gasteiger partial charge in [-0.3, -0.25) is 9.56 Å². The minimum absolute atomic E-state index is 0.0390. The quantitative estimate of drug-likeness (QED) is 0.0669. The van der Waals surface area contributed by atoms with Crippen molar-refractivity contribution < 1.29 is 4.39 Å². The van der Waals surface area contributed by atoms with Crippen LogP contribution in [0.5, 0.6) is 0 Å². The summed E-state index contributed by atoms with van der Waals surface area (Å²) in [6.07, 6.45) is 5.57. The molecule has 0 unspecified atom stereocenters. The van der Waals surface area contributed by atoms with Crippen molar-refractivity contribution in [1.82, 2.24) is 19.9 Å². The molecule has 262 valence electrons. The highest BCUT2D eigenvalue weighted by atomic mass is 35.5. The van der Waals surface area contributed by atoms with Gasteiger partial charge in [-0.05, 0) is 92.4 Å². The molecule has 0 saturated heterocycles. The third-order valence-corrected chi connectivity index (χ3v) is 8.36. The Balaban J connectivity index is 0.000000297. The fourth-order valence-electron chi connectivity index (χ4n) is 5.19. The number of fused-ring (bicyclic) bond motifs is 1. The van der Waals surface area contributed by atoms with E-state index in [1.807, 2.05) is 64.2 Å². The molecule has 0 amide bonds. The van der Waals surface area contributed by atoms with Crippen LogP contribution in [0, 0.1) is 5.82 Å². The number of hydrogen-bond acceptors (Lipinski definition) is 5. The molecular formula is C37H54ClFN8O. The number of aromatic nitrogens is 3. The summed E-state index contributed by atoms with van der Waals surface area (Å²) < 4.78 is 15.6. The minimum atomic E-state index is -0.302. The topological polar surface area (TPSA) is 153 Å². The van der Waals surface area contributed by atoms with E-state index in [2.05, 4.69) is 54.0 Å². The van der Waals surface area contributed by atoms with E-state index in [4.69, 9.17) is 28.8 Å². The third kappa shape index (κ3) is 11.2. The first kappa shape index (κ1) is 38.7. The van der Waals surface area contributed by atoms with E-state index < -0.39 is 0 Å². The summed E-state index contributed by atoms with van der Waals surface area (Å²) in [5.74, 6) is -0.170. The second-order valence-corrected chi connectivity index (χ2v) is 15.0. The number of aryl methyl sites for hydroxylation is 1. The molecule has 2 heterocycles. The molecule has 0 bridgehead atoms. The standard InChI is InChI=1S/C22H31N7O.C15H23ClFN/c1-14(25-10-5-11-26-20(23)24)15-6-8-17(9-7-15)29-13-16-12-18(22(2,3)4)27-19(16)28-21(29)30;1-10(18)6-5-7-11-8-12(15(2,3)4)14(17)13(16)9-11/h6-9,12-14,25H,5,10-11H2,1-4H3,(H4,23,24,26)(H,27,28,30);8-10H,5-7,18H2,1-4H3/t14-;10-/m00/s1. The number of guanidine groups is 1. The normalized spacial score (nSPS) is 13.1. The number of halogens is 2. The van der Waals surface area contributed by atoms with Crippen molar-refractivity contribution in [3.8, 4) is 5.69 Å². The molecule has 0 radical (unpaired) electrons. The molecule has 2 aromatic heterocycles. The van der Waals surface area contributed by atoms with Crippen LogP contribution in [0.2, 0.25) is 5.02 Å². The molecule has 0 saturated carbocycles. The van der Waals surface area contributed by atoms with Gasteiger partial charge in [-0.2, -0.15) is 4.98 Å². The SMILES string of the molecule is C[C@H](N)CCCc1cc(Cl)c(F)c(C(C)(C)C)c1.C[C@H](NCCCN=C(N)N)c1ccc(-n2cc3cc(C(C)(C)C)[nH]c3nc2=O)cc1. The average Bonchev–Trinajstić information content (AvgIpc) is 3.41. The number of nitrogens with one attached hydrogen (secondary N) is 2. The van der Waals surface area contributed by atoms with E-state index in [0.29, 0.717) is 17.8 Å². The molecule has 0 aliphatic rings. The van der Waals surface area contributed by atoms with Crippen LogP contribution in [0.15, 0.2) is 58.4 Å². The van der Waals surface area contributed by atoms with Crippen LogP contribution in [0.25, 0.3) is 16.7 Å².